The Morgan fingerprint density at radius 3 is 2.85 bits per heavy atom. The van der Waals surface area contributed by atoms with Gasteiger partial charge in [-0.1, -0.05) is 0 Å². The predicted molar refractivity (Wildman–Crippen MR) is 100 cm³/mol. The summed E-state index contributed by atoms with van der Waals surface area (Å²) < 4.78 is 38.5. The minimum Gasteiger partial charge on any atom is -0.460 e. The molecule has 26 heavy (non-hydrogen) atoms. The van der Waals surface area contributed by atoms with Crippen molar-refractivity contribution in [2.24, 2.45) is 0 Å². The number of rotatable bonds is 5. The van der Waals surface area contributed by atoms with Crippen molar-refractivity contribution in [1.82, 2.24) is 10.0 Å². The van der Waals surface area contributed by atoms with Crippen LogP contribution in [0.15, 0.2) is 27.5 Å². The van der Waals surface area contributed by atoms with E-state index in [1.165, 1.54) is 12.1 Å². The molecule has 1 atom stereocenters. The van der Waals surface area contributed by atoms with Crippen LogP contribution in [0.2, 0.25) is 0 Å². The molecule has 2 N–H and O–H groups in total. The molecular formula is C17H23ClN2O5S. The van der Waals surface area contributed by atoms with Gasteiger partial charge < -0.3 is 14.5 Å². The standard InChI is InChI=1S/C17H22N2O5S.ClH/c1-3-23-17(20)16-11(2)14-9-13(6-7-15(14)24-16)25(21,22)19-12-5-4-8-18-10-12;/h6-7,9,12,18-19H,3-5,8,10H2,1-2H3;1H/t12-;/m1./s1. The summed E-state index contributed by atoms with van der Waals surface area (Å²) in [5.41, 5.74) is 1.03. The normalized spacial score (nSPS) is 17.7. The molecule has 144 valence electrons. The summed E-state index contributed by atoms with van der Waals surface area (Å²) in [6.45, 7) is 5.21. The average Bonchev–Trinajstić information content (AvgIpc) is 2.92. The monoisotopic (exact) mass is 402 g/mol. The third kappa shape index (κ3) is 4.20. The Bertz CT molecular complexity index is 888. The van der Waals surface area contributed by atoms with E-state index in [2.05, 4.69) is 10.0 Å². The second-order valence-electron chi connectivity index (χ2n) is 6.10. The molecule has 0 saturated carbocycles. The summed E-state index contributed by atoms with van der Waals surface area (Å²) in [6, 6.07) is 4.47. The molecule has 1 aliphatic heterocycles. The highest BCUT2D eigenvalue weighted by Gasteiger charge is 2.24. The molecule has 0 aliphatic carbocycles. The second-order valence-corrected chi connectivity index (χ2v) is 7.81. The predicted octanol–water partition coefficient (Wildman–Crippen LogP) is 2.37. The third-order valence-electron chi connectivity index (χ3n) is 4.30. The quantitative estimate of drug-likeness (QED) is 0.745. The van der Waals surface area contributed by atoms with Gasteiger partial charge in [-0.25, -0.2) is 17.9 Å². The molecule has 1 fully saturated rings. The fourth-order valence-corrected chi connectivity index (χ4v) is 4.29. The first-order valence-electron chi connectivity index (χ1n) is 8.35. The van der Waals surface area contributed by atoms with Crippen LogP contribution < -0.4 is 10.0 Å². The average molecular weight is 403 g/mol. The maximum absolute atomic E-state index is 12.6. The van der Waals surface area contributed by atoms with Gasteiger partial charge in [0.1, 0.15) is 5.58 Å². The number of furan rings is 1. The van der Waals surface area contributed by atoms with Crippen LogP contribution in [0.1, 0.15) is 35.9 Å². The Balaban J connectivity index is 0.00000243. The number of esters is 1. The topological polar surface area (TPSA) is 97.6 Å². The van der Waals surface area contributed by atoms with E-state index in [0.29, 0.717) is 23.1 Å². The van der Waals surface area contributed by atoms with E-state index in [1.807, 2.05) is 0 Å². The molecule has 0 unspecified atom stereocenters. The smallest absolute Gasteiger partial charge is 0.374 e. The first kappa shape index (κ1) is 20.7. The van der Waals surface area contributed by atoms with Crippen molar-refractivity contribution in [2.75, 3.05) is 19.7 Å². The molecule has 1 aromatic carbocycles. The second kappa shape index (κ2) is 8.39. The number of halogens is 1. The summed E-state index contributed by atoms with van der Waals surface area (Å²) in [4.78, 5) is 12.1. The Morgan fingerprint density at radius 1 is 1.42 bits per heavy atom. The van der Waals surface area contributed by atoms with Gasteiger partial charge in [-0.05, 0) is 51.4 Å². The van der Waals surface area contributed by atoms with E-state index in [9.17, 15) is 13.2 Å². The van der Waals surface area contributed by atoms with Gasteiger partial charge in [0.05, 0.1) is 11.5 Å². The summed E-state index contributed by atoms with van der Waals surface area (Å²) in [7, 11) is -3.64. The molecule has 9 heteroatoms. The van der Waals surface area contributed by atoms with Crippen LogP contribution in [0.4, 0.5) is 0 Å². The SMILES string of the molecule is CCOC(=O)c1oc2ccc(S(=O)(=O)N[C@@H]3CCCNC3)cc2c1C.Cl. The zero-order chi connectivity index (χ0) is 18.0. The summed E-state index contributed by atoms with van der Waals surface area (Å²) >= 11 is 0. The van der Waals surface area contributed by atoms with E-state index in [-0.39, 0.29) is 35.7 Å². The largest absolute Gasteiger partial charge is 0.460 e. The van der Waals surface area contributed by atoms with E-state index in [4.69, 9.17) is 9.15 Å². The lowest BCUT2D eigenvalue weighted by Crippen LogP contribution is -2.45. The van der Waals surface area contributed by atoms with Crippen LogP contribution in [0.3, 0.4) is 0 Å². The molecule has 7 nitrogen and oxygen atoms in total. The van der Waals surface area contributed by atoms with Crippen LogP contribution >= 0.6 is 12.4 Å². The van der Waals surface area contributed by atoms with Crippen molar-refractivity contribution < 1.29 is 22.4 Å². The van der Waals surface area contributed by atoms with Crippen molar-refractivity contribution in [1.29, 1.82) is 0 Å². The number of piperidine rings is 1. The molecule has 1 aliphatic rings. The fraction of sp³-hybridized carbons (Fsp3) is 0.471. The number of ether oxygens (including phenoxy) is 1. The fourth-order valence-electron chi connectivity index (χ4n) is 3.00. The Kier molecular flexibility index (Phi) is 6.68. The van der Waals surface area contributed by atoms with Crippen molar-refractivity contribution in [3.05, 3.63) is 29.5 Å². The van der Waals surface area contributed by atoms with Gasteiger partial charge in [-0.3, -0.25) is 0 Å². The maximum atomic E-state index is 12.6. The summed E-state index contributed by atoms with van der Waals surface area (Å²) in [5, 5.41) is 3.77. The van der Waals surface area contributed by atoms with E-state index in [1.54, 1.807) is 19.9 Å². The van der Waals surface area contributed by atoms with E-state index < -0.39 is 16.0 Å². The van der Waals surface area contributed by atoms with E-state index in [0.717, 1.165) is 19.4 Å². The Morgan fingerprint density at radius 2 is 2.19 bits per heavy atom. The highest BCUT2D eigenvalue weighted by atomic mass is 35.5. The summed E-state index contributed by atoms with van der Waals surface area (Å²) in [5.74, 6) is -0.442. The lowest BCUT2D eigenvalue weighted by atomic mass is 10.1. The minimum absolute atomic E-state index is 0. The molecule has 3 rings (SSSR count). The molecule has 0 amide bonds. The van der Waals surface area contributed by atoms with Crippen LogP contribution in [-0.2, 0) is 14.8 Å². The van der Waals surface area contributed by atoms with Gasteiger partial charge in [-0.15, -0.1) is 12.4 Å². The molecule has 1 saturated heterocycles. The molecular weight excluding hydrogens is 380 g/mol. The maximum Gasteiger partial charge on any atom is 0.374 e. The number of carbonyl (C=O) groups is 1. The zero-order valence-corrected chi connectivity index (χ0v) is 16.3. The number of aryl methyl sites for hydroxylation is 1. The van der Waals surface area contributed by atoms with Gasteiger partial charge in [0, 0.05) is 23.5 Å². The highest BCUT2D eigenvalue weighted by Crippen LogP contribution is 2.28. The third-order valence-corrected chi connectivity index (χ3v) is 5.82. The lowest BCUT2D eigenvalue weighted by molar-refractivity contribution is 0.0491. The lowest BCUT2D eigenvalue weighted by Gasteiger charge is -2.23. The van der Waals surface area contributed by atoms with Gasteiger partial charge >= 0.3 is 5.97 Å². The highest BCUT2D eigenvalue weighted by molar-refractivity contribution is 7.89. The van der Waals surface area contributed by atoms with Crippen LogP contribution in [-0.4, -0.2) is 40.1 Å². The minimum atomic E-state index is -3.64. The van der Waals surface area contributed by atoms with Gasteiger partial charge in [0.2, 0.25) is 15.8 Å². The Labute approximate surface area is 158 Å². The van der Waals surface area contributed by atoms with Crippen molar-refractivity contribution in [3.63, 3.8) is 0 Å². The molecule has 1 aromatic heterocycles. The van der Waals surface area contributed by atoms with E-state index >= 15 is 0 Å². The molecule has 0 radical (unpaired) electrons. The van der Waals surface area contributed by atoms with Crippen LogP contribution in [0.5, 0.6) is 0 Å². The number of benzene rings is 1. The number of nitrogens with one attached hydrogen (secondary N) is 2. The first-order valence-corrected chi connectivity index (χ1v) is 9.84. The molecule has 2 aromatic rings. The van der Waals surface area contributed by atoms with Gasteiger partial charge in [0.25, 0.3) is 0 Å². The number of hydrogen-bond acceptors (Lipinski definition) is 6. The Hall–Kier alpha value is -1.61. The number of fused-ring (bicyclic) bond motifs is 1. The number of carbonyl (C=O) groups excluding carboxylic acids is 1. The summed E-state index contributed by atoms with van der Waals surface area (Å²) in [6.07, 6.45) is 1.75. The van der Waals surface area contributed by atoms with Crippen molar-refractivity contribution >= 4 is 39.4 Å². The molecule has 0 bridgehead atoms. The number of hydrogen-bond donors (Lipinski definition) is 2. The molecule has 0 spiro atoms. The number of sulfonamides is 1. The molecule has 2 heterocycles. The van der Waals surface area contributed by atoms with Crippen molar-refractivity contribution in [2.45, 2.75) is 37.6 Å². The van der Waals surface area contributed by atoms with Crippen LogP contribution in [0, 0.1) is 6.92 Å². The zero-order valence-electron chi connectivity index (χ0n) is 14.7. The van der Waals surface area contributed by atoms with Crippen LogP contribution in [0.25, 0.3) is 11.0 Å². The van der Waals surface area contributed by atoms with Gasteiger partial charge in [0.15, 0.2) is 0 Å². The van der Waals surface area contributed by atoms with Gasteiger partial charge in [-0.2, -0.15) is 0 Å². The van der Waals surface area contributed by atoms with Crippen molar-refractivity contribution in [3.8, 4) is 0 Å². The first-order chi connectivity index (χ1) is 11.9.